The van der Waals surface area contributed by atoms with Crippen LogP contribution < -0.4 is 16.0 Å². The number of carbonyl (C=O) groups excluding carboxylic acids is 2. The molecule has 4 aromatic carbocycles. The average molecular weight is 454 g/mol. The van der Waals surface area contributed by atoms with Gasteiger partial charge in [-0.25, -0.2) is 4.39 Å². The molecule has 0 radical (unpaired) electrons. The number of amides is 2. The van der Waals surface area contributed by atoms with Crippen molar-refractivity contribution in [2.45, 2.75) is 13.0 Å². The summed E-state index contributed by atoms with van der Waals surface area (Å²) in [6, 6.07) is 25.9. The number of anilines is 2. The molecule has 4 aromatic rings. The lowest BCUT2D eigenvalue weighted by Crippen LogP contribution is -2.33. The summed E-state index contributed by atoms with van der Waals surface area (Å²) in [6.45, 7) is 1.06. The van der Waals surface area contributed by atoms with Gasteiger partial charge in [0.15, 0.2) is 0 Å². The van der Waals surface area contributed by atoms with E-state index in [1.54, 1.807) is 24.3 Å². The summed E-state index contributed by atoms with van der Waals surface area (Å²) in [5.74, 6) is -1.37. The summed E-state index contributed by atoms with van der Waals surface area (Å²) in [4.78, 5) is 27.1. The molecule has 34 heavy (non-hydrogen) atoms. The number of halogens is 1. The normalized spacial score (nSPS) is 15.5. The van der Waals surface area contributed by atoms with E-state index in [9.17, 15) is 14.0 Å². The molecule has 5 rings (SSSR count). The fourth-order valence-electron chi connectivity index (χ4n) is 4.52. The van der Waals surface area contributed by atoms with Crippen molar-refractivity contribution in [2.24, 2.45) is 11.7 Å². The van der Waals surface area contributed by atoms with Gasteiger partial charge in [0.2, 0.25) is 11.8 Å². The van der Waals surface area contributed by atoms with Gasteiger partial charge in [-0.3, -0.25) is 9.59 Å². The molecule has 2 amide bonds. The van der Waals surface area contributed by atoms with Crippen LogP contribution in [0.15, 0.2) is 84.9 Å². The van der Waals surface area contributed by atoms with Crippen LogP contribution in [0.5, 0.6) is 0 Å². The Kier molecular flexibility index (Phi) is 5.72. The first-order valence-electron chi connectivity index (χ1n) is 11.2. The van der Waals surface area contributed by atoms with Gasteiger partial charge in [0.25, 0.3) is 0 Å². The summed E-state index contributed by atoms with van der Waals surface area (Å²) in [6.07, 6.45) is 0.469. The zero-order valence-corrected chi connectivity index (χ0v) is 18.5. The highest BCUT2D eigenvalue weighted by Crippen LogP contribution is 2.33. The number of rotatable bonds is 5. The Labute approximate surface area is 197 Å². The molecule has 1 unspecified atom stereocenters. The van der Waals surface area contributed by atoms with E-state index in [2.05, 4.69) is 40.5 Å². The van der Waals surface area contributed by atoms with Crippen molar-refractivity contribution in [2.75, 3.05) is 16.8 Å². The summed E-state index contributed by atoms with van der Waals surface area (Å²) in [7, 11) is 0. The molecule has 0 aliphatic carbocycles. The summed E-state index contributed by atoms with van der Waals surface area (Å²) < 4.78 is 13.4. The van der Waals surface area contributed by atoms with Crippen LogP contribution in [0.2, 0.25) is 0 Å². The van der Waals surface area contributed by atoms with E-state index < -0.39 is 5.91 Å². The molecule has 5 nitrogen and oxygen atoms in total. The van der Waals surface area contributed by atoms with E-state index in [4.69, 9.17) is 5.73 Å². The molecular formula is C28H24FN3O2. The quantitative estimate of drug-likeness (QED) is 0.452. The number of hydrogen-bond acceptors (Lipinski definition) is 3. The molecule has 0 saturated carbocycles. The van der Waals surface area contributed by atoms with E-state index in [-0.39, 0.29) is 17.6 Å². The van der Waals surface area contributed by atoms with Crippen molar-refractivity contribution < 1.29 is 14.0 Å². The van der Waals surface area contributed by atoms with Crippen molar-refractivity contribution in [1.82, 2.24) is 0 Å². The van der Waals surface area contributed by atoms with Crippen LogP contribution in [0.3, 0.4) is 0 Å². The van der Waals surface area contributed by atoms with Crippen LogP contribution in [0.1, 0.15) is 21.5 Å². The molecule has 6 heteroatoms. The Hall–Kier alpha value is -4.19. The molecule has 0 spiro atoms. The maximum absolute atomic E-state index is 13.4. The first-order valence-corrected chi connectivity index (χ1v) is 11.2. The van der Waals surface area contributed by atoms with Gasteiger partial charge in [-0.15, -0.1) is 0 Å². The largest absolute Gasteiger partial charge is 0.366 e. The number of nitrogens with two attached hydrogens (primary N) is 1. The molecule has 1 aliphatic heterocycles. The van der Waals surface area contributed by atoms with Crippen LogP contribution in [0, 0.1) is 11.7 Å². The predicted octanol–water partition coefficient (Wildman–Crippen LogP) is 4.90. The lowest BCUT2D eigenvalue weighted by molar-refractivity contribution is -0.119. The second-order valence-corrected chi connectivity index (χ2v) is 8.67. The fourth-order valence-corrected chi connectivity index (χ4v) is 4.52. The Bertz CT molecular complexity index is 1380. The van der Waals surface area contributed by atoms with Crippen molar-refractivity contribution in [3.05, 3.63) is 107 Å². The van der Waals surface area contributed by atoms with Crippen molar-refractivity contribution in [3.63, 3.8) is 0 Å². The topological polar surface area (TPSA) is 75.4 Å². The van der Waals surface area contributed by atoms with E-state index in [1.165, 1.54) is 17.5 Å². The van der Waals surface area contributed by atoms with Gasteiger partial charge in [-0.1, -0.05) is 48.5 Å². The van der Waals surface area contributed by atoms with Gasteiger partial charge in [0, 0.05) is 18.7 Å². The van der Waals surface area contributed by atoms with Gasteiger partial charge in [0.05, 0.1) is 17.3 Å². The first-order chi connectivity index (χ1) is 16.5. The molecule has 0 bridgehead atoms. The maximum atomic E-state index is 13.4. The highest BCUT2D eigenvalue weighted by atomic mass is 19.1. The minimum absolute atomic E-state index is 0.145. The van der Waals surface area contributed by atoms with Crippen LogP contribution in [-0.4, -0.2) is 18.4 Å². The number of carbonyl (C=O) groups is 2. The molecule has 0 aromatic heterocycles. The number of hydrogen-bond donors (Lipinski definition) is 2. The van der Waals surface area contributed by atoms with E-state index in [0.717, 1.165) is 22.2 Å². The molecule has 0 fully saturated rings. The van der Waals surface area contributed by atoms with E-state index in [1.807, 2.05) is 18.2 Å². The Balaban J connectivity index is 1.50. The minimum atomic E-state index is -0.551. The second-order valence-electron chi connectivity index (χ2n) is 8.67. The summed E-state index contributed by atoms with van der Waals surface area (Å²) in [5, 5.41) is 5.30. The molecular weight excluding hydrogens is 429 g/mol. The molecule has 0 saturated heterocycles. The van der Waals surface area contributed by atoms with Crippen molar-refractivity contribution in [3.8, 4) is 0 Å². The monoisotopic (exact) mass is 453 g/mol. The van der Waals surface area contributed by atoms with E-state index in [0.29, 0.717) is 30.8 Å². The Morgan fingerprint density at radius 2 is 1.68 bits per heavy atom. The van der Waals surface area contributed by atoms with Gasteiger partial charge < -0.3 is 16.0 Å². The van der Waals surface area contributed by atoms with Crippen molar-refractivity contribution >= 4 is 34.0 Å². The minimum Gasteiger partial charge on any atom is -0.366 e. The van der Waals surface area contributed by atoms with Gasteiger partial charge in [-0.2, -0.15) is 0 Å². The summed E-state index contributed by atoms with van der Waals surface area (Å²) in [5.41, 5.74) is 9.19. The Morgan fingerprint density at radius 1 is 0.941 bits per heavy atom. The van der Waals surface area contributed by atoms with Crippen LogP contribution in [0.25, 0.3) is 10.8 Å². The third kappa shape index (κ3) is 4.48. The smallest absolute Gasteiger partial charge is 0.248 e. The zero-order valence-electron chi connectivity index (χ0n) is 18.5. The fraction of sp³-hybridized carbons (Fsp3) is 0.143. The first kappa shape index (κ1) is 21.6. The molecule has 170 valence electrons. The molecule has 1 atom stereocenters. The van der Waals surface area contributed by atoms with Gasteiger partial charge >= 0.3 is 0 Å². The zero-order chi connectivity index (χ0) is 23.7. The standard InChI is InChI=1S/C28H24FN3O2/c29-24-10-6-18(7-11-24)13-23-17-32(16-19-5-8-20-3-1-2-4-21(20)14-19)26-12-9-22(27(30)33)15-25(26)31-28(23)34/h1-12,14-15,23H,13,16-17H2,(H2,30,33)(H,31,34). The van der Waals surface area contributed by atoms with Crippen LogP contribution in [0.4, 0.5) is 15.8 Å². The number of fused-ring (bicyclic) bond motifs is 2. The SMILES string of the molecule is NC(=O)c1ccc2c(c1)NC(=O)C(Cc1ccc(F)cc1)CN2Cc1ccc2ccccc2c1. The van der Waals surface area contributed by atoms with E-state index >= 15 is 0 Å². The third-order valence-electron chi connectivity index (χ3n) is 6.27. The molecule has 1 heterocycles. The third-order valence-corrected chi connectivity index (χ3v) is 6.27. The van der Waals surface area contributed by atoms with Crippen LogP contribution in [-0.2, 0) is 17.8 Å². The van der Waals surface area contributed by atoms with Gasteiger partial charge in [0.1, 0.15) is 5.82 Å². The number of benzene rings is 4. The number of nitrogens with zero attached hydrogens (tertiary/aromatic N) is 1. The van der Waals surface area contributed by atoms with Gasteiger partial charge in [-0.05, 0) is 64.7 Å². The highest BCUT2D eigenvalue weighted by molar-refractivity contribution is 6.01. The maximum Gasteiger partial charge on any atom is 0.248 e. The van der Waals surface area contributed by atoms with Crippen LogP contribution >= 0.6 is 0 Å². The predicted molar refractivity (Wildman–Crippen MR) is 132 cm³/mol. The summed E-state index contributed by atoms with van der Waals surface area (Å²) >= 11 is 0. The number of primary amides is 1. The van der Waals surface area contributed by atoms with Crippen molar-refractivity contribution in [1.29, 1.82) is 0 Å². The lowest BCUT2D eigenvalue weighted by atomic mass is 9.97. The Morgan fingerprint density at radius 3 is 2.44 bits per heavy atom. The average Bonchev–Trinajstić information content (AvgIpc) is 2.96. The highest BCUT2D eigenvalue weighted by Gasteiger charge is 2.29. The second kappa shape index (κ2) is 8.98. The molecule has 3 N–H and O–H groups in total. The molecule has 1 aliphatic rings. The number of nitrogens with one attached hydrogen (secondary N) is 1. The lowest BCUT2D eigenvalue weighted by Gasteiger charge is -2.27.